The minimum Gasteiger partial charge on any atom is -0.507 e. The van der Waals surface area contributed by atoms with Gasteiger partial charge in [0.1, 0.15) is 11.5 Å². The number of furan rings is 1. The minimum atomic E-state index is -0.698. The highest BCUT2D eigenvalue weighted by Crippen LogP contribution is 2.40. The lowest BCUT2D eigenvalue weighted by Gasteiger charge is -2.24. The van der Waals surface area contributed by atoms with Crippen molar-refractivity contribution in [2.75, 3.05) is 0 Å². The maximum absolute atomic E-state index is 13.0. The number of amides is 1. The van der Waals surface area contributed by atoms with Gasteiger partial charge in [0.05, 0.1) is 24.4 Å². The number of Topliss-reactive ketones (excluding diaryl/α,β-unsaturated/α-hetero) is 1. The summed E-state index contributed by atoms with van der Waals surface area (Å²) in [6.07, 6.45) is 1.53. The number of aryl methyl sites for hydroxylation is 3. The molecule has 5 heteroatoms. The molecular weight excluding hydrogens is 378 g/mol. The summed E-state index contributed by atoms with van der Waals surface area (Å²) in [5, 5.41) is 11.1. The summed E-state index contributed by atoms with van der Waals surface area (Å²) in [6.45, 7) is 6.01. The van der Waals surface area contributed by atoms with Crippen molar-refractivity contribution in [2.24, 2.45) is 0 Å². The molecule has 2 heterocycles. The Morgan fingerprint density at radius 1 is 1.00 bits per heavy atom. The fraction of sp³-hybridized carbons (Fsp3) is 0.200. The summed E-state index contributed by atoms with van der Waals surface area (Å²) in [7, 11) is 0. The molecule has 1 fully saturated rings. The standard InChI is InChI=1S/C25H23NO4/c1-15-6-4-7-18(12-15)22-21(23(27)19-10-9-16(2)17(3)13-19)24(28)25(29)26(22)14-20-8-5-11-30-20/h4-13,22,27H,14H2,1-3H3/b23-21-. The van der Waals surface area contributed by atoms with Crippen molar-refractivity contribution in [1.29, 1.82) is 0 Å². The van der Waals surface area contributed by atoms with Gasteiger partial charge in [-0.05, 0) is 55.7 Å². The number of rotatable bonds is 4. The molecule has 152 valence electrons. The molecule has 1 atom stereocenters. The summed E-state index contributed by atoms with van der Waals surface area (Å²) >= 11 is 0. The molecule has 4 rings (SSSR count). The second-order valence-corrected chi connectivity index (χ2v) is 7.72. The molecular formula is C25H23NO4. The Bertz CT molecular complexity index is 1160. The molecule has 1 unspecified atom stereocenters. The van der Waals surface area contributed by atoms with Crippen LogP contribution in [0.5, 0.6) is 0 Å². The monoisotopic (exact) mass is 401 g/mol. The zero-order chi connectivity index (χ0) is 21.4. The van der Waals surface area contributed by atoms with Gasteiger partial charge in [-0.3, -0.25) is 9.59 Å². The molecule has 1 amide bonds. The molecule has 1 N–H and O–H groups in total. The number of carbonyl (C=O) groups excluding carboxylic acids is 2. The second kappa shape index (κ2) is 7.67. The van der Waals surface area contributed by atoms with Crippen LogP contribution < -0.4 is 0 Å². The average Bonchev–Trinajstić information content (AvgIpc) is 3.32. The molecule has 1 aromatic heterocycles. The molecule has 2 aromatic carbocycles. The Kier molecular flexibility index (Phi) is 5.04. The number of nitrogens with zero attached hydrogens (tertiary/aromatic N) is 1. The van der Waals surface area contributed by atoms with E-state index >= 15 is 0 Å². The van der Waals surface area contributed by atoms with Crippen LogP contribution in [-0.4, -0.2) is 21.7 Å². The Morgan fingerprint density at radius 2 is 1.80 bits per heavy atom. The van der Waals surface area contributed by atoms with Crippen LogP contribution in [0.4, 0.5) is 0 Å². The summed E-state index contributed by atoms with van der Waals surface area (Å²) in [4.78, 5) is 27.5. The summed E-state index contributed by atoms with van der Waals surface area (Å²) < 4.78 is 5.41. The SMILES string of the molecule is Cc1cccc(C2/C(=C(/O)c3ccc(C)c(C)c3)C(=O)C(=O)N2Cc2ccco2)c1. The number of hydrogen-bond donors (Lipinski definition) is 1. The van der Waals surface area contributed by atoms with E-state index in [4.69, 9.17) is 4.42 Å². The smallest absolute Gasteiger partial charge is 0.296 e. The zero-order valence-electron chi connectivity index (χ0n) is 17.2. The van der Waals surface area contributed by atoms with Crippen LogP contribution in [0.1, 0.15) is 39.6 Å². The average molecular weight is 401 g/mol. The first-order valence-electron chi connectivity index (χ1n) is 9.82. The lowest BCUT2D eigenvalue weighted by Crippen LogP contribution is -2.29. The number of aliphatic hydroxyl groups excluding tert-OH is 1. The van der Waals surface area contributed by atoms with Gasteiger partial charge in [0, 0.05) is 5.56 Å². The number of benzene rings is 2. The van der Waals surface area contributed by atoms with E-state index in [2.05, 4.69) is 0 Å². The van der Waals surface area contributed by atoms with Gasteiger partial charge in [-0.2, -0.15) is 0 Å². The molecule has 0 radical (unpaired) electrons. The molecule has 1 aliphatic rings. The molecule has 0 bridgehead atoms. The first-order chi connectivity index (χ1) is 14.4. The van der Waals surface area contributed by atoms with Gasteiger partial charge in [0.25, 0.3) is 11.7 Å². The lowest BCUT2D eigenvalue weighted by molar-refractivity contribution is -0.140. The van der Waals surface area contributed by atoms with Gasteiger partial charge >= 0.3 is 0 Å². The van der Waals surface area contributed by atoms with Gasteiger partial charge in [0.15, 0.2) is 0 Å². The zero-order valence-corrected chi connectivity index (χ0v) is 17.2. The van der Waals surface area contributed by atoms with Crippen LogP contribution in [0, 0.1) is 20.8 Å². The van der Waals surface area contributed by atoms with Crippen molar-refractivity contribution < 1.29 is 19.1 Å². The van der Waals surface area contributed by atoms with Crippen molar-refractivity contribution in [1.82, 2.24) is 4.90 Å². The van der Waals surface area contributed by atoms with Gasteiger partial charge in [-0.1, -0.05) is 42.0 Å². The van der Waals surface area contributed by atoms with Crippen molar-refractivity contribution in [3.05, 3.63) is 100 Å². The van der Waals surface area contributed by atoms with E-state index in [9.17, 15) is 14.7 Å². The first kappa shape index (κ1) is 19.7. The molecule has 0 saturated carbocycles. The fourth-order valence-electron chi connectivity index (χ4n) is 3.84. The highest BCUT2D eigenvalue weighted by Gasteiger charge is 2.46. The van der Waals surface area contributed by atoms with Crippen LogP contribution in [0.25, 0.3) is 5.76 Å². The highest BCUT2D eigenvalue weighted by molar-refractivity contribution is 6.46. The van der Waals surface area contributed by atoms with E-state index in [-0.39, 0.29) is 17.9 Å². The van der Waals surface area contributed by atoms with Crippen LogP contribution in [0.3, 0.4) is 0 Å². The van der Waals surface area contributed by atoms with Gasteiger partial charge in [-0.15, -0.1) is 0 Å². The minimum absolute atomic E-state index is 0.0976. The second-order valence-electron chi connectivity index (χ2n) is 7.72. The van der Waals surface area contributed by atoms with E-state index in [1.165, 1.54) is 11.2 Å². The third-order valence-corrected chi connectivity index (χ3v) is 5.58. The van der Waals surface area contributed by atoms with E-state index < -0.39 is 17.7 Å². The number of aliphatic hydroxyl groups is 1. The highest BCUT2D eigenvalue weighted by atomic mass is 16.3. The summed E-state index contributed by atoms with van der Waals surface area (Å²) in [5.41, 5.74) is 4.47. The molecule has 0 spiro atoms. The molecule has 3 aromatic rings. The van der Waals surface area contributed by atoms with Gasteiger partial charge in [-0.25, -0.2) is 0 Å². The molecule has 5 nitrogen and oxygen atoms in total. The maximum Gasteiger partial charge on any atom is 0.296 e. The summed E-state index contributed by atoms with van der Waals surface area (Å²) in [6, 6.07) is 15.9. The Morgan fingerprint density at radius 3 is 2.47 bits per heavy atom. The third kappa shape index (κ3) is 3.43. The van der Waals surface area contributed by atoms with E-state index in [1.807, 2.05) is 57.2 Å². The maximum atomic E-state index is 13.0. The number of likely N-dealkylation sites (tertiary alicyclic amines) is 1. The topological polar surface area (TPSA) is 70.8 Å². The quantitative estimate of drug-likeness (QED) is 0.386. The van der Waals surface area contributed by atoms with Gasteiger partial charge < -0.3 is 14.4 Å². The third-order valence-electron chi connectivity index (χ3n) is 5.58. The normalized spacial score (nSPS) is 18.2. The molecule has 30 heavy (non-hydrogen) atoms. The van der Waals surface area contributed by atoms with E-state index in [0.29, 0.717) is 11.3 Å². The van der Waals surface area contributed by atoms with E-state index in [1.54, 1.807) is 18.2 Å². The molecule has 1 saturated heterocycles. The number of hydrogen-bond acceptors (Lipinski definition) is 4. The largest absolute Gasteiger partial charge is 0.507 e. The number of ketones is 1. The Labute approximate surface area is 175 Å². The van der Waals surface area contributed by atoms with Crippen molar-refractivity contribution in [3.63, 3.8) is 0 Å². The predicted octanol–water partition coefficient (Wildman–Crippen LogP) is 4.83. The van der Waals surface area contributed by atoms with E-state index in [0.717, 1.165) is 22.3 Å². The van der Waals surface area contributed by atoms with Crippen molar-refractivity contribution in [3.8, 4) is 0 Å². The predicted molar refractivity (Wildman–Crippen MR) is 114 cm³/mol. The van der Waals surface area contributed by atoms with Gasteiger partial charge in [0.2, 0.25) is 0 Å². The van der Waals surface area contributed by atoms with Crippen molar-refractivity contribution in [2.45, 2.75) is 33.4 Å². The van der Waals surface area contributed by atoms with Crippen molar-refractivity contribution >= 4 is 17.4 Å². The Hall–Kier alpha value is -3.60. The molecule has 0 aliphatic carbocycles. The molecule has 1 aliphatic heterocycles. The first-order valence-corrected chi connectivity index (χ1v) is 9.82. The summed E-state index contributed by atoms with van der Waals surface area (Å²) in [5.74, 6) is -0.933. The van der Waals surface area contributed by atoms with Crippen LogP contribution in [0.2, 0.25) is 0 Å². The number of carbonyl (C=O) groups is 2. The fourth-order valence-corrected chi connectivity index (χ4v) is 3.84. The van der Waals surface area contributed by atoms with Crippen LogP contribution in [-0.2, 0) is 16.1 Å². The van der Waals surface area contributed by atoms with Crippen LogP contribution in [0.15, 0.2) is 70.9 Å². The Balaban J connectivity index is 1.89. The lowest BCUT2D eigenvalue weighted by atomic mass is 9.93. The van der Waals surface area contributed by atoms with Crippen LogP contribution >= 0.6 is 0 Å².